The van der Waals surface area contributed by atoms with Gasteiger partial charge < -0.3 is 10.5 Å². The van der Waals surface area contributed by atoms with Gasteiger partial charge in [-0.1, -0.05) is 12.1 Å². The topological polar surface area (TPSA) is 35.2 Å². The van der Waals surface area contributed by atoms with Crippen molar-refractivity contribution in [2.45, 2.75) is 13.0 Å². The zero-order chi connectivity index (χ0) is 13.1. The van der Waals surface area contributed by atoms with E-state index >= 15 is 0 Å². The Balaban J connectivity index is 2.21. The van der Waals surface area contributed by atoms with Gasteiger partial charge >= 0.3 is 0 Å². The highest BCUT2D eigenvalue weighted by Crippen LogP contribution is 2.30. The molecule has 0 radical (unpaired) electrons. The zero-order valence-electron chi connectivity index (χ0n) is 9.86. The van der Waals surface area contributed by atoms with Gasteiger partial charge in [0, 0.05) is 12.1 Å². The lowest BCUT2D eigenvalue weighted by atomic mass is 10.1. The van der Waals surface area contributed by atoms with Gasteiger partial charge in [0.2, 0.25) is 0 Å². The molecule has 2 nitrogen and oxygen atoms in total. The maximum absolute atomic E-state index is 13.1. The van der Waals surface area contributed by atoms with E-state index < -0.39 is 0 Å². The molecule has 94 valence electrons. The summed E-state index contributed by atoms with van der Waals surface area (Å²) in [6, 6.07) is 11.7. The van der Waals surface area contributed by atoms with Gasteiger partial charge in [0.25, 0.3) is 0 Å². The Morgan fingerprint density at radius 1 is 1.17 bits per heavy atom. The summed E-state index contributed by atoms with van der Waals surface area (Å²) in [5.74, 6) is 0.759. The quantitative estimate of drug-likeness (QED) is 0.912. The van der Waals surface area contributed by atoms with Crippen LogP contribution in [-0.2, 0) is 0 Å². The lowest BCUT2D eigenvalue weighted by Gasteiger charge is -2.10. The molecule has 0 aromatic heterocycles. The second-order valence-corrected chi connectivity index (χ2v) is 4.89. The van der Waals surface area contributed by atoms with Gasteiger partial charge in [0.05, 0.1) is 4.47 Å². The Hall–Kier alpha value is -1.39. The molecule has 0 heterocycles. The van der Waals surface area contributed by atoms with Crippen LogP contribution < -0.4 is 10.5 Å². The van der Waals surface area contributed by atoms with Crippen molar-refractivity contribution in [1.82, 2.24) is 0 Å². The molecule has 0 aliphatic carbocycles. The molecule has 18 heavy (non-hydrogen) atoms. The summed E-state index contributed by atoms with van der Waals surface area (Å²) >= 11 is 3.31. The number of hydrogen-bond acceptors (Lipinski definition) is 2. The minimum absolute atomic E-state index is 0.0139. The van der Waals surface area contributed by atoms with Crippen LogP contribution in [0.2, 0.25) is 0 Å². The second kappa shape index (κ2) is 5.50. The molecule has 4 heteroatoms. The van der Waals surface area contributed by atoms with Crippen LogP contribution in [0.1, 0.15) is 18.5 Å². The van der Waals surface area contributed by atoms with Gasteiger partial charge in [0.15, 0.2) is 0 Å². The van der Waals surface area contributed by atoms with Crippen LogP contribution in [-0.4, -0.2) is 0 Å². The first-order valence-electron chi connectivity index (χ1n) is 5.54. The highest BCUT2D eigenvalue weighted by atomic mass is 79.9. The third-order valence-electron chi connectivity index (χ3n) is 2.53. The van der Waals surface area contributed by atoms with E-state index in [-0.39, 0.29) is 11.9 Å². The van der Waals surface area contributed by atoms with Crippen molar-refractivity contribution in [3.63, 3.8) is 0 Å². The van der Waals surface area contributed by atoms with Gasteiger partial charge in [-0.25, -0.2) is 4.39 Å². The fourth-order valence-corrected chi connectivity index (χ4v) is 1.85. The normalized spacial score (nSPS) is 12.2. The van der Waals surface area contributed by atoms with Crippen molar-refractivity contribution >= 4 is 15.9 Å². The van der Waals surface area contributed by atoms with Gasteiger partial charge in [0.1, 0.15) is 17.3 Å². The maximum Gasteiger partial charge on any atom is 0.144 e. The second-order valence-electron chi connectivity index (χ2n) is 4.03. The van der Waals surface area contributed by atoms with E-state index in [2.05, 4.69) is 15.9 Å². The van der Waals surface area contributed by atoms with Gasteiger partial charge in [-0.15, -0.1) is 0 Å². The summed E-state index contributed by atoms with van der Waals surface area (Å²) in [6.45, 7) is 1.92. The van der Waals surface area contributed by atoms with Crippen molar-refractivity contribution in [3.8, 4) is 11.5 Å². The summed E-state index contributed by atoms with van der Waals surface area (Å²) < 4.78 is 19.4. The van der Waals surface area contributed by atoms with E-state index in [0.29, 0.717) is 16.0 Å². The Bertz CT molecular complexity index is 540. The van der Waals surface area contributed by atoms with Gasteiger partial charge in [-0.05, 0) is 52.7 Å². The number of rotatable bonds is 3. The maximum atomic E-state index is 13.1. The minimum Gasteiger partial charge on any atom is -0.456 e. The Labute approximate surface area is 114 Å². The molecule has 0 saturated heterocycles. The summed E-state index contributed by atoms with van der Waals surface area (Å²) in [5, 5.41) is 0. The zero-order valence-corrected chi connectivity index (χ0v) is 11.4. The van der Waals surface area contributed by atoms with E-state index in [9.17, 15) is 4.39 Å². The first-order chi connectivity index (χ1) is 8.56. The third kappa shape index (κ3) is 3.09. The summed E-state index contributed by atoms with van der Waals surface area (Å²) in [6.07, 6.45) is 0. The molecule has 0 spiro atoms. The van der Waals surface area contributed by atoms with Crippen molar-refractivity contribution in [2.75, 3.05) is 0 Å². The molecule has 1 atom stereocenters. The molecule has 0 amide bonds. The highest BCUT2D eigenvalue weighted by Gasteiger charge is 2.05. The van der Waals surface area contributed by atoms with E-state index in [0.717, 1.165) is 5.56 Å². The minimum atomic E-state index is -0.333. The fourth-order valence-electron chi connectivity index (χ4n) is 1.52. The SMILES string of the molecule is C[C@@H](N)c1ccc(Oc2cc(F)ccc2Br)cc1. The van der Waals surface area contributed by atoms with Crippen LogP contribution in [0.15, 0.2) is 46.9 Å². The number of nitrogens with two attached hydrogens (primary N) is 1. The Morgan fingerprint density at radius 2 is 1.83 bits per heavy atom. The monoisotopic (exact) mass is 309 g/mol. The van der Waals surface area contributed by atoms with E-state index in [1.165, 1.54) is 12.1 Å². The molecule has 0 saturated carbocycles. The van der Waals surface area contributed by atoms with Gasteiger partial charge in [-0.3, -0.25) is 0 Å². The van der Waals surface area contributed by atoms with Crippen LogP contribution in [0.5, 0.6) is 11.5 Å². The van der Waals surface area contributed by atoms with Crippen LogP contribution in [0.3, 0.4) is 0 Å². The first kappa shape index (κ1) is 13.1. The first-order valence-corrected chi connectivity index (χ1v) is 6.34. The lowest BCUT2D eigenvalue weighted by molar-refractivity contribution is 0.473. The number of hydrogen-bond donors (Lipinski definition) is 1. The summed E-state index contributed by atoms with van der Waals surface area (Å²) in [4.78, 5) is 0. The lowest BCUT2D eigenvalue weighted by Crippen LogP contribution is -2.04. The molecular weight excluding hydrogens is 297 g/mol. The van der Waals surface area contributed by atoms with Gasteiger partial charge in [-0.2, -0.15) is 0 Å². The molecule has 0 aliphatic heterocycles. The average molecular weight is 310 g/mol. The highest BCUT2D eigenvalue weighted by molar-refractivity contribution is 9.10. The molecule has 2 aromatic rings. The summed E-state index contributed by atoms with van der Waals surface area (Å²) in [5.41, 5.74) is 6.79. The predicted molar refractivity (Wildman–Crippen MR) is 73.2 cm³/mol. The standard InChI is InChI=1S/C14H13BrFNO/c1-9(17)10-2-5-12(6-3-10)18-14-8-11(16)4-7-13(14)15/h2-9H,17H2,1H3/t9-/m1/s1. The molecule has 0 aliphatic rings. The van der Waals surface area contributed by atoms with Crippen molar-refractivity contribution in [1.29, 1.82) is 0 Å². The van der Waals surface area contributed by atoms with Crippen LogP contribution >= 0.6 is 15.9 Å². The average Bonchev–Trinajstić information content (AvgIpc) is 2.34. The molecule has 0 unspecified atom stereocenters. The van der Waals surface area contributed by atoms with E-state index in [1.54, 1.807) is 6.07 Å². The van der Waals surface area contributed by atoms with Crippen LogP contribution in [0, 0.1) is 5.82 Å². The molecule has 2 N–H and O–H groups in total. The number of ether oxygens (including phenoxy) is 1. The van der Waals surface area contributed by atoms with Crippen molar-refractivity contribution < 1.29 is 9.13 Å². The van der Waals surface area contributed by atoms with E-state index in [1.807, 2.05) is 31.2 Å². The fraction of sp³-hybridized carbons (Fsp3) is 0.143. The largest absolute Gasteiger partial charge is 0.456 e. The predicted octanol–water partition coefficient (Wildman–Crippen LogP) is 4.40. The van der Waals surface area contributed by atoms with Crippen molar-refractivity contribution in [2.24, 2.45) is 5.73 Å². The third-order valence-corrected chi connectivity index (χ3v) is 3.18. The summed E-state index contributed by atoms with van der Waals surface area (Å²) in [7, 11) is 0. The molecular formula is C14H13BrFNO. The molecule has 2 aromatic carbocycles. The van der Waals surface area contributed by atoms with Crippen LogP contribution in [0.4, 0.5) is 4.39 Å². The molecule has 2 rings (SSSR count). The van der Waals surface area contributed by atoms with Crippen molar-refractivity contribution in [3.05, 3.63) is 58.3 Å². The molecule has 0 fully saturated rings. The Morgan fingerprint density at radius 3 is 2.44 bits per heavy atom. The smallest absolute Gasteiger partial charge is 0.144 e. The van der Waals surface area contributed by atoms with E-state index in [4.69, 9.17) is 10.5 Å². The Kier molecular flexibility index (Phi) is 3.99. The molecule has 0 bridgehead atoms. The number of benzene rings is 2. The van der Waals surface area contributed by atoms with Crippen LogP contribution in [0.25, 0.3) is 0 Å². The number of halogens is 2.